The Kier molecular flexibility index (Phi) is 5.24. The van der Waals surface area contributed by atoms with Crippen molar-refractivity contribution in [1.82, 2.24) is 5.43 Å². The van der Waals surface area contributed by atoms with Crippen molar-refractivity contribution >= 4 is 28.9 Å². The number of carboxylic acids is 1. The number of amides is 1. The van der Waals surface area contributed by atoms with Gasteiger partial charge in [0, 0.05) is 5.56 Å². The number of hydrogen-bond donors (Lipinski definition) is 2. The Labute approximate surface area is 149 Å². The summed E-state index contributed by atoms with van der Waals surface area (Å²) in [5.74, 6) is -0.884. The largest absolute Gasteiger partial charge is 0.482 e. The van der Waals surface area contributed by atoms with Gasteiger partial charge in [-0.3, -0.25) is 4.79 Å². The van der Waals surface area contributed by atoms with E-state index in [1.807, 2.05) is 36.4 Å². The maximum Gasteiger partial charge on any atom is 0.341 e. The molecule has 0 heterocycles. The number of rotatable bonds is 6. The molecule has 3 aromatic carbocycles. The van der Waals surface area contributed by atoms with Gasteiger partial charge < -0.3 is 9.84 Å². The maximum absolute atomic E-state index is 12.2. The van der Waals surface area contributed by atoms with Crippen molar-refractivity contribution in [3.05, 3.63) is 77.9 Å². The minimum Gasteiger partial charge on any atom is -0.482 e. The number of ether oxygens (including phenoxy) is 1. The second kappa shape index (κ2) is 7.94. The van der Waals surface area contributed by atoms with Crippen molar-refractivity contribution in [3.63, 3.8) is 0 Å². The Bertz CT molecular complexity index is 965. The smallest absolute Gasteiger partial charge is 0.341 e. The first-order valence-corrected chi connectivity index (χ1v) is 7.89. The number of nitrogens with one attached hydrogen (secondary N) is 1. The summed E-state index contributed by atoms with van der Waals surface area (Å²) in [6.45, 7) is -0.394. The molecule has 0 radical (unpaired) electrons. The maximum atomic E-state index is 12.2. The molecule has 0 aliphatic carbocycles. The first-order chi connectivity index (χ1) is 12.6. The number of fused-ring (bicyclic) bond motifs is 1. The molecule has 6 nitrogen and oxygen atoms in total. The van der Waals surface area contributed by atoms with Gasteiger partial charge in [0.2, 0.25) is 0 Å². The number of hydrogen-bond acceptors (Lipinski definition) is 4. The summed E-state index contributed by atoms with van der Waals surface area (Å²) in [5.41, 5.74) is 3.76. The number of carboxylic acid groups (broad SMARTS) is 1. The SMILES string of the molecule is O=C(O)COc1ccc(/C=N/NC(=O)c2ccc3ccccc3c2)cc1. The van der Waals surface area contributed by atoms with Gasteiger partial charge in [-0.15, -0.1) is 0 Å². The number of carbonyl (C=O) groups is 2. The fraction of sp³-hybridized carbons (Fsp3) is 0.0500. The molecule has 130 valence electrons. The van der Waals surface area contributed by atoms with E-state index in [-0.39, 0.29) is 5.91 Å². The minimum atomic E-state index is -1.04. The second-order valence-electron chi connectivity index (χ2n) is 5.51. The van der Waals surface area contributed by atoms with Gasteiger partial charge in [-0.05, 0) is 52.7 Å². The first kappa shape index (κ1) is 17.2. The summed E-state index contributed by atoms with van der Waals surface area (Å²) in [6, 6.07) is 20.0. The molecule has 3 rings (SSSR count). The molecule has 0 saturated carbocycles. The Morgan fingerprint density at radius 1 is 1.00 bits per heavy atom. The van der Waals surface area contributed by atoms with E-state index in [2.05, 4.69) is 10.5 Å². The molecular formula is C20H16N2O4. The van der Waals surface area contributed by atoms with Crippen molar-refractivity contribution in [3.8, 4) is 5.75 Å². The molecule has 6 heteroatoms. The van der Waals surface area contributed by atoms with Crippen LogP contribution in [0.15, 0.2) is 71.8 Å². The average Bonchev–Trinajstić information content (AvgIpc) is 2.67. The molecule has 3 aromatic rings. The van der Waals surface area contributed by atoms with Crippen LogP contribution >= 0.6 is 0 Å². The lowest BCUT2D eigenvalue weighted by Crippen LogP contribution is -2.17. The topological polar surface area (TPSA) is 88.0 Å². The van der Waals surface area contributed by atoms with Crippen molar-refractivity contribution in [2.24, 2.45) is 5.10 Å². The zero-order chi connectivity index (χ0) is 18.4. The second-order valence-corrected chi connectivity index (χ2v) is 5.51. The molecule has 0 aliphatic rings. The standard InChI is InChI=1S/C20H16N2O4/c23-19(24)13-26-18-9-5-14(6-10-18)12-21-22-20(25)17-8-7-15-3-1-2-4-16(15)11-17/h1-12H,13H2,(H,22,25)(H,23,24)/b21-12+. The number of benzene rings is 3. The van der Waals surface area contributed by atoms with E-state index in [1.165, 1.54) is 6.21 Å². The van der Waals surface area contributed by atoms with Gasteiger partial charge in [-0.1, -0.05) is 30.3 Å². The van der Waals surface area contributed by atoms with E-state index in [0.717, 1.165) is 16.3 Å². The van der Waals surface area contributed by atoms with Crippen LogP contribution in [0.4, 0.5) is 0 Å². The Morgan fingerprint density at radius 2 is 1.73 bits per heavy atom. The zero-order valence-electron chi connectivity index (χ0n) is 13.8. The average molecular weight is 348 g/mol. The van der Waals surface area contributed by atoms with Gasteiger partial charge in [-0.2, -0.15) is 5.10 Å². The highest BCUT2D eigenvalue weighted by Gasteiger charge is 2.05. The molecular weight excluding hydrogens is 332 g/mol. The Balaban J connectivity index is 1.60. The Hall–Kier alpha value is -3.67. The highest BCUT2D eigenvalue weighted by molar-refractivity contribution is 5.98. The van der Waals surface area contributed by atoms with Crippen LogP contribution in [-0.4, -0.2) is 29.8 Å². The molecule has 0 unspecified atom stereocenters. The van der Waals surface area contributed by atoms with E-state index in [0.29, 0.717) is 11.3 Å². The normalized spacial score (nSPS) is 10.8. The van der Waals surface area contributed by atoms with E-state index < -0.39 is 12.6 Å². The number of nitrogens with zero attached hydrogens (tertiary/aromatic N) is 1. The van der Waals surface area contributed by atoms with Crippen LogP contribution in [0.2, 0.25) is 0 Å². The third kappa shape index (κ3) is 4.45. The fourth-order valence-electron chi connectivity index (χ4n) is 2.36. The third-order valence-corrected chi connectivity index (χ3v) is 3.63. The van der Waals surface area contributed by atoms with E-state index >= 15 is 0 Å². The molecule has 0 aliphatic heterocycles. The van der Waals surface area contributed by atoms with Crippen LogP contribution in [0.5, 0.6) is 5.75 Å². The van der Waals surface area contributed by atoms with Gasteiger partial charge in [-0.25, -0.2) is 10.2 Å². The summed E-state index contributed by atoms with van der Waals surface area (Å²) < 4.78 is 5.04. The number of carbonyl (C=O) groups excluding carboxylic acids is 1. The molecule has 0 aromatic heterocycles. The quantitative estimate of drug-likeness (QED) is 0.529. The Morgan fingerprint density at radius 3 is 2.46 bits per heavy atom. The summed E-state index contributed by atoms with van der Waals surface area (Å²) in [7, 11) is 0. The molecule has 26 heavy (non-hydrogen) atoms. The van der Waals surface area contributed by atoms with Gasteiger partial charge in [0.05, 0.1) is 6.21 Å². The van der Waals surface area contributed by atoms with Crippen molar-refractivity contribution in [2.45, 2.75) is 0 Å². The van der Waals surface area contributed by atoms with Crippen LogP contribution in [-0.2, 0) is 4.79 Å². The summed E-state index contributed by atoms with van der Waals surface area (Å²) >= 11 is 0. The summed E-state index contributed by atoms with van der Waals surface area (Å²) in [5, 5.41) is 14.6. The van der Waals surface area contributed by atoms with Gasteiger partial charge in [0.1, 0.15) is 5.75 Å². The summed E-state index contributed by atoms with van der Waals surface area (Å²) in [4.78, 5) is 22.6. The molecule has 2 N–H and O–H groups in total. The minimum absolute atomic E-state index is 0.298. The van der Waals surface area contributed by atoms with Gasteiger partial charge in [0.25, 0.3) is 5.91 Å². The highest BCUT2D eigenvalue weighted by Crippen LogP contribution is 2.15. The molecule has 0 atom stereocenters. The molecule has 1 amide bonds. The van der Waals surface area contributed by atoms with E-state index in [4.69, 9.17) is 9.84 Å². The molecule has 0 spiro atoms. The fourth-order valence-corrected chi connectivity index (χ4v) is 2.36. The lowest BCUT2D eigenvalue weighted by molar-refractivity contribution is -0.139. The van der Waals surface area contributed by atoms with Crippen molar-refractivity contribution in [1.29, 1.82) is 0 Å². The van der Waals surface area contributed by atoms with Crippen LogP contribution in [0.3, 0.4) is 0 Å². The molecule has 0 bridgehead atoms. The third-order valence-electron chi connectivity index (χ3n) is 3.63. The molecule has 0 saturated heterocycles. The molecule has 0 fully saturated rings. The van der Waals surface area contributed by atoms with Crippen LogP contribution < -0.4 is 10.2 Å². The highest BCUT2D eigenvalue weighted by atomic mass is 16.5. The monoisotopic (exact) mass is 348 g/mol. The van der Waals surface area contributed by atoms with Crippen LogP contribution in [0.1, 0.15) is 15.9 Å². The predicted octanol–water partition coefficient (Wildman–Crippen LogP) is 3.07. The van der Waals surface area contributed by atoms with Crippen LogP contribution in [0.25, 0.3) is 10.8 Å². The van der Waals surface area contributed by atoms with Gasteiger partial charge in [0.15, 0.2) is 6.61 Å². The predicted molar refractivity (Wildman–Crippen MR) is 98.6 cm³/mol. The van der Waals surface area contributed by atoms with E-state index in [1.54, 1.807) is 30.3 Å². The number of hydrazone groups is 1. The lowest BCUT2D eigenvalue weighted by Gasteiger charge is -2.03. The summed E-state index contributed by atoms with van der Waals surface area (Å²) in [6.07, 6.45) is 1.50. The lowest BCUT2D eigenvalue weighted by atomic mass is 10.1. The van der Waals surface area contributed by atoms with E-state index in [9.17, 15) is 9.59 Å². The van der Waals surface area contributed by atoms with Crippen molar-refractivity contribution < 1.29 is 19.4 Å². The zero-order valence-corrected chi connectivity index (χ0v) is 13.8. The van der Waals surface area contributed by atoms with Crippen molar-refractivity contribution in [2.75, 3.05) is 6.61 Å². The first-order valence-electron chi connectivity index (χ1n) is 7.89. The van der Waals surface area contributed by atoms with Gasteiger partial charge >= 0.3 is 5.97 Å². The van der Waals surface area contributed by atoms with Crippen LogP contribution in [0, 0.1) is 0 Å². The number of aliphatic carboxylic acids is 1.